The molecule has 1 aliphatic rings. The van der Waals surface area contributed by atoms with Crippen molar-refractivity contribution in [3.05, 3.63) is 38.9 Å². The number of hydrogen-bond acceptors (Lipinski definition) is 3. The topological polar surface area (TPSA) is 80.4 Å². The molecule has 0 heterocycles. The predicted molar refractivity (Wildman–Crippen MR) is 74.9 cm³/mol. The molecule has 1 saturated carbocycles. The Hall–Kier alpha value is -1.62. The predicted octanol–water partition coefficient (Wildman–Crippen LogP) is 3.68. The van der Waals surface area contributed by atoms with E-state index in [-0.39, 0.29) is 17.1 Å². The van der Waals surface area contributed by atoms with Crippen molar-refractivity contribution in [2.24, 2.45) is 11.3 Å². The van der Waals surface area contributed by atoms with Crippen LogP contribution in [0.1, 0.15) is 31.7 Å². The van der Waals surface area contributed by atoms with Gasteiger partial charge in [-0.1, -0.05) is 24.6 Å². The van der Waals surface area contributed by atoms with Crippen LogP contribution in [0.3, 0.4) is 0 Å². The number of hydrogen-bond donors (Lipinski definition) is 1. The molecule has 1 fully saturated rings. The average Bonchev–Trinajstić information content (AvgIpc) is 2.74. The molecule has 0 amide bonds. The van der Waals surface area contributed by atoms with Gasteiger partial charge in [0.1, 0.15) is 0 Å². The lowest BCUT2D eigenvalue weighted by Crippen LogP contribution is -2.31. The van der Waals surface area contributed by atoms with Crippen LogP contribution in [-0.4, -0.2) is 16.0 Å². The normalized spacial score (nSPS) is 25.6. The second-order valence-corrected chi connectivity index (χ2v) is 6.08. The summed E-state index contributed by atoms with van der Waals surface area (Å²) in [6.07, 6.45) is 2.14. The Morgan fingerprint density at radius 3 is 2.80 bits per heavy atom. The number of halogens is 1. The second-order valence-electron chi connectivity index (χ2n) is 5.64. The van der Waals surface area contributed by atoms with Crippen molar-refractivity contribution in [1.29, 1.82) is 0 Å². The average molecular weight is 298 g/mol. The maximum Gasteiger partial charge on any atom is 0.309 e. The van der Waals surface area contributed by atoms with Crippen LogP contribution in [0.25, 0.3) is 0 Å². The number of carboxylic acids is 1. The Bertz CT molecular complexity index is 560. The molecule has 1 N–H and O–H groups in total. The van der Waals surface area contributed by atoms with Crippen LogP contribution >= 0.6 is 11.6 Å². The highest BCUT2D eigenvalue weighted by Gasteiger charge is 2.45. The first-order valence-electron chi connectivity index (χ1n) is 6.50. The van der Waals surface area contributed by atoms with Gasteiger partial charge in [-0.15, -0.1) is 0 Å². The molecule has 1 aromatic carbocycles. The molecule has 0 aromatic heterocycles. The largest absolute Gasteiger partial charge is 0.481 e. The molecule has 5 nitrogen and oxygen atoms in total. The molecule has 1 aliphatic carbocycles. The van der Waals surface area contributed by atoms with Crippen LogP contribution in [0, 0.1) is 21.4 Å². The van der Waals surface area contributed by atoms with E-state index in [1.807, 2.05) is 6.92 Å². The van der Waals surface area contributed by atoms with Crippen LogP contribution < -0.4 is 0 Å². The monoisotopic (exact) mass is 297 g/mol. The molecule has 2 rings (SSSR count). The summed E-state index contributed by atoms with van der Waals surface area (Å²) in [5, 5.41) is 20.9. The number of carboxylic acid groups (broad SMARTS) is 1. The lowest BCUT2D eigenvalue weighted by Gasteiger charge is -2.24. The number of aliphatic carboxylic acids is 1. The molecule has 20 heavy (non-hydrogen) atoms. The molecule has 2 unspecified atom stereocenters. The van der Waals surface area contributed by atoms with Crippen molar-refractivity contribution in [2.75, 3.05) is 0 Å². The lowest BCUT2D eigenvalue weighted by atomic mass is 9.79. The first kappa shape index (κ1) is 14.8. The standard InChI is InChI=1S/C14H16ClNO4/c1-9-4-5-14(7-9,13(17)18)8-10-2-3-11(15)6-12(10)16(19)20/h2-3,6,9H,4-5,7-8H2,1H3,(H,17,18). The van der Waals surface area contributed by atoms with E-state index in [0.717, 1.165) is 6.42 Å². The maximum atomic E-state index is 11.6. The number of nitro benzene ring substituents is 1. The highest BCUT2D eigenvalue weighted by Crippen LogP contribution is 2.45. The second kappa shape index (κ2) is 5.40. The summed E-state index contributed by atoms with van der Waals surface area (Å²) in [5.41, 5.74) is -0.550. The highest BCUT2D eigenvalue weighted by molar-refractivity contribution is 6.30. The van der Waals surface area contributed by atoms with E-state index in [1.54, 1.807) is 12.1 Å². The quantitative estimate of drug-likeness (QED) is 0.679. The third-order valence-corrected chi connectivity index (χ3v) is 4.32. The summed E-state index contributed by atoms with van der Waals surface area (Å²) >= 11 is 5.78. The maximum absolute atomic E-state index is 11.6. The van der Waals surface area contributed by atoms with Gasteiger partial charge in [-0.3, -0.25) is 14.9 Å². The molecule has 0 spiro atoms. The van der Waals surface area contributed by atoms with Crippen LogP contribution in [0.4, 0.5) is 5.69 Å². The smallest absolute Gasteiger partial charge is 0.309 e. The van der Waals surface area contributed by atoms with Crippen molar-refractivity contribution in [3.8, 4) is 0 Å². The van der Waals surface area contributed by atoms with Gasteiger partial charge in [0.25, 0.3) is 5.69 Å². The summed E-state index contributed by atoms with van der Waals surface area (Å²) < 4.78 is 0. The molecule has 0 aliphatic heterocycles. The molecule has 1 aromatic rings. The summed E-state index contributed by atoms with van der Waals surface area (Å²) in [6, 6.07) is 4.41. The van der Waals surface area contributed by atoms with Crippen molar-refractivity contribution in [1.82, 2.24) is 0 Å². The first-order valence-corrected chi connectivity index (χ1v) is 6.88. The molecule has 0 saturated heterocycles. The minimum Gasteiger partial charge on any atom is -0.481 e. The van der Waals surface area contributed by atoms with Gasteiger partial charge in [0.2, 0.25) is 0 Å². The van der Waals surface area contributed by atoms with Crippen molar-refractivity contribution in [3.63, 3.8) is 0 Å². The molecule has 108 valence electrons. The molecule has 2 atom stereocenters. The number of benzene rings is 1. The zero-order valence-corrected chi connectivity index (χ0v) is 11.9. The van der Waals surface area contributed by atoms with E-state index in [2.05, 4.69) is 0 Å². The zero-order valence-electron chi connectivity index (χ0n) is 11.1. The fourth-order valence-corrected chi connectivity index (χ4v) is 3.21. The van der Waals surface area contributed by atoms with Crippen LogP contribution in [0.5, 0.6) is 0 Å². The SMILES string of the molecule is CC1CCC(Cc2ccc(Cl)cc2[N+](=O)[O-])(C(=O)O)C1. The third kappa shape index (κ3) is 2.77. The van der Waals surface area contributed by atoms with E-state index < -0.39 is 16.3 Å². The summed E-state index contributed by atoms with van der Waals surface area (Å²) in [7, 11) is 0. The third-order valence-electron chi connectivity index (χ3n) is 4.08. The van der Waals surface area contributed by atoms with E-state index in [1.165, 1.54) is 6.07 Å². The Kier molecular flexibility index (Phi) is 3.99. The number of nitrogens with zero attached hydrogens (tertiary/aromatic N) is 1. The van der Waals surface area contributed by atoms with E-state index in [9.17, 15) is 20.0 Å². The van der Waals surface area contributed by atoms with Gasteiger partial charge in [-0.2, -0.15) is 0 Å². The van der Waals surface area contributed by atoms with Gasteiger partial charge in [-0.25, -0.2) is 0 Å². The Balaban J connectivity index is 2.37. The van der Waals surface area contributed by atoms with E-state index >= 15 is 0 Å². The molecule has 6 heteroatoms. The highest BCUT2D eigenvalue weighted by atomic mass is 35.5. The van der Waals surface area contributed by atoms with Crippen LogP contribution in [0.15, 0.2) is 18.2 Å². The van der Waals surface area contributed by atoms with E-state index in [4.69, 9.17) is 11.6 Å². The van der Waals surface area contributed by atoms with Gasteiger partial charge >= 0.3 is 5.97 Å². The van der Waals surface area contributed by atoms with Gasteiger partial charge in [0, 0.05) is 16.7 Å². The number of rotatable bonds is 4. The summed E-state index contributed by atoms with van der Waals surface area (Å²) in [5.74, 6) is -0.538. The number of carbonyl (C=O) groups is 1. The first-order chi connectivity index (χ1) is 9.34. The van der Waals surface area contributed by atoms with Crippen molar-refractivity contribution >= 4 is 23.3 Å². The summed E-state index contributed by atoms with van der Waals surface area (Å²) in [4.78, 5) is 22.2. The van der Waals surface area contributed by atoms with Crippen LogP contribution in [0.2, 0.25) is 5.02 Å². The van der Waals surface area contributed by atoms with Crippen LogP contribution in [-0.2, 0) is 11.2 Å². The Morgan fingerprint density at radius 2 is 2.30 bits per heavy atom. The van der Waals surface area contributed by atoms with Gasteiger partial charge in [0.15, 0.2) is 0 Å². The molecular weight excluding hydrogens is 282 g/mol. The van der Waals surface area contributed by atoms with Gasteiger partial charge in [-0.05, 0) is 37.7 Å². The fraction of sp³-hybridized carbons (Fsp3) is 0.500. The van der Waals surface area contributed by atoms with Gasteiger partial charge < -0.3 is 5.11 Å². The fourth-order valence-electron chi connectivity index (χ4n) is 3.05. The molecule has 0 radical (unpaired) electrons. The van der Waals surface area contributed by atoms with E-state index in [0.29, 0.717) is 24.3 Å². The zero-order chi connectivity index (χ0) is 14.9. The molecule has 0 bridgehead atoms. The Morgan fingerprint density at radius 1 is 1.60 bits per heavy atom. The summed E-state index contributed by atoms with van der Waals surface area (Å²) in [6.45, 7) is 2.01. The van der Waals surface area contributed by atoms with Crippen molar-refractivity contribution in [2.45, 2.75) is 32.6 Å². The molecular formula is C14H16ClNO4. The minimum atomic E-state index is -0.891. The Labute approximate surface area is 121 Å². The lowest BCUT2D eigenvalue weighted by molar-refractivity contribution is -0.385. The minimum absolute atomic E-state index is 0.0994. The number of nitro groups is 1. The van der Waals surface area contributed by atoms with Crippen molar-refractivity contribution < 1.29 is 14.8 Å². The van der Waals surface area contributed by atoms with Gasteiger partial charge in [0.05, 0.1) is 10.3 Å².